The Labute approximate surface area is 113 Å². The van der Waals surface area contributed by atoms with Crippen LogP contribution in [0.4, 0.5) is 8.78 Å². The molecule has 0 aliphatic carbocycles. The first-order valence-electron chi connectivity index (χ1n) is 6.51. The first-order valence-corrected chi connectivity index (χ1v) is 6.51. The van der Waals surface area contributed by atoms with Crippen LogP contribution >= 0.6 is 0 Å². The maximum absolute atomic E-state index is 13.1. The third kappa shape index (κ3) is 2.60. The van der Waals surface area contributed by atoms with Crippen molar-refractivity contribution >= 4 is 5.97 Å². The zero-order chi connectivity index (χ0) is 14.3. The number of alkyl halides is 2. The maximum Gasteiger partial charge on any atom is 0.356 e. The fourth-order valence-corrected chi connectivity index (χ4v) is 2.63. The summed E-state index contributed by atoms with van der Waals surface area (Å²) < 4.78 is 33.4. The Morgan fingerprint density at radius 2 is 2.35 bits per heavy atom. The molecule has 1 saturated heterocycles. The Kier molecular flexibility index (Phi) is 3.12. The van der Waals surface area contributed by atoms with Gasteiger partial charge in [-0.15, -0.1) is 0 Å². The standard InChI is InChI=1S/C12H15F2N3O3/c13-12(14)2-4-16(7-12)6-8-1-3-17-10(20-8)5-9(15-17)11(18)19/h5,8H,1-4,6-7H2,(H,18,19). The van der Waals surface area contributed by atoms with Gasteiger partial charge in [0.2, 0.25) is 5.88 Å². The van der Waals surface area contributed by atoms with Gasteiger partial charge >= 0.3 is 5.97 Å². The molecule has 6 nitrogen and oxygen atoms in total. The van der Waals surface area contributed by atoms with E-state index in [0.29, 0.717) is 31.9 Å². The van der Waals surface area contributed by atoms with Gasteiger partial charge in [-0.2, -0.15) is 5.10 Å². The van der Waals surface area contributed by atoms with Gasteiger partial charge in [0.25, 0.3) is 5.92 Å². The Balaban J connectivity index is 1.62. The number of aryl methyl sites for hydroxylation is 1. The highest BCUT2D eigenvalue weighted by Crippen LogP contribution is 2.28. The van der Waals surface area contributed by atoms with E-state index in [1.54, 1.807) is 4.90 Å². The van der Waals surface area contributed by atoms with Crippen molar-refractivity contribution in [1.29, 1.82) is 0 Å². The van der Waals surface area contributed by atoms with E-state index in [1.165, 1.54) is 10.7 Å². The van der Waals surface area contributed by atoms with Crippen LogP contribution in [0.5, 0.6) is 5.88 Å². The smallest absolute Gasteiger partial charge is 0.356 e. The zero-order valence-electron chi connectivity index (χ0n) is 10.8. The van der Waals surface area contributed by atoms with Gasteiger partial charge in [0.05, 0.1) is 6.54 Å². The number of ether oxygens (including phenoxy) is 1. The maximum atomic E-state index is 13.1. The Morgan fingerprint density at radius 1 is 1.55 bits per heavy atom. The molecule has 3 heterocycles. The fraction of sp³-hybridized carbons (Fsp3) is 0.667. The summed E-state index contributed by atoms with van der Waals surface area (Å²) in [5.41, 5.74) is -0.0617. The third-order valence-electron chi connectivity index (χ3n) is 3.62. The lowest BCUT2D eigenvalue weighted by Crippen LogP contribution is -2.38. The lowest BCUT2D eigenvalue weighted by atomic mass is 10.2. The predicted octanol–water partition coefficient (Wildman–Crippen LogP) is 1.07. The van der Waals surface area contributed by atoms with Crippen molar-refractivity contribution < 1.29 is 23.4 Å². The van der Waals surface area contributed by atoms with E-state index in [4.69, 9.17) is 9.84 Å². The van der Waals surface area contributed by atoms with Crippen LogP contribution in [-0.4, -0.2) is 57.4 Å². The summed E-state index contributed by atoms with van der Waals surface area (Å²) in [4.78, 5) is 12.5. The molecule has 0 radical (unpaired) electrons. The molecule has 1 unspecified atom stereocenters. The highest BCUT2D eigenvalue weighted by Gasteiger charge is 2.39. The van der Waals surface area contributed by atoms with Gasteiger partial charge < -0.3 is 9.84 Å². The highest BCUT2D eigenvalue weighted by molar-refractivity contribution is 5.85. The first kappa shape index (κ1) is 13.3. The molecule has 0 bridgehead atoms. The van der Waals surface area contributed by atoms with Crippen molar-refractivity contribution in [2.45, 2.75) is 31.4 Å². The number of aromatic carboxylic acids is 1. The van der Waals surface area contributed by atoms with Gasteiger partial charge in [0.1, 0.15) is 6.10 Å². The van der Waals surface area contributed by atoms with E-state index < -0.39 is 11.9 Å². The minimum atomic E-state index is -2.60. The SMILES string of the molecule is O=C(O)c1cc2n(n1)CCC(CN1CCC(F)(F)C1)O2. The third-order valence-corrected chi connectivity index (χ3v) is 3.62. The molecule has 1 aromatic rings. The van der Waals surface area contributed by atoms with Crippen molar-refractivity contribution in [3.8, 4) is 5.88 Å². The first-order chi connectivity index (χ1) is 9.43. The molecular formula is C12H15F2N3O3. The Hall–Kier alpha value is -1.70. The summed E-state index contributed by atoms with van der Waals surface area (Å²) in [6.45, 7) is 1.11. The lowest BCUT2D eigenvalue weighted by molar-refractivity contribution is 0.00653. The molecular weight excluding hydrogens is 272 g/mol. The number of hydrogen-bond acceptors (Lipinski definition) is 4. The molecule has 1 aromatic heterocycles. The quantitative estimate of drug-likeness (QED) is 0.901. The number of carboxylic acids is 1. The summed E-state index contributed by atoms with van der Waals surface area (Å²) in [5, 5.41) is 12.8. The molecule has 20 heavy (non-hydrogen) atoms. The monoisotopic (exact) mass is 287 g/mol. The van der Waals surface area contributed by atoms with Gasteiger partial charge in [-0.1, -0.05) is 0 Å². The van der Waals surface area contributed by atoms with Crippen LogP contribution in [0.15, 0.2) is 6.07 Å². The number of nitrogens with zero attached hydrogens (tertiary/aromatic N) is 3. The van der Waals surface area contributed by atoms with Crippen LogP contribution in [0.3, 0.4) is 0 Å². The van der Waals surface area contributed by atoms with Crippen molar-refractivity contribution in [3.05, 3.63) is 11.8 Å². The molecule has 1 N–H and O–H groups in total. The van der Waals surface area contributed by atoms with Crippen LogP contribution < -0.4 is 4.74 Å². The lowest BCUT2D eigenvalue weighted by Gasteiger charge is -2.28. The molecule has 8 heteroatoms. The molecule has 0 aromatic carbocycles. The van der Waals surface area contributed by atoms with Gasteiger partial charge in [-0.3, -0.25) is 4.90 Å². The topological polar surface area (TPSA) is 67.6 Å². The summed E-state index contributed by atoms with van der Waals surface area (Å²) in [6, 6.07) is 1.37. The molecule has 1 fully saturated rings. The van der Waals surface area contributed by atoms with Crippen LogP contribution in [0.1, 0.15) is 23.3 Å². The number of carboxylic acid groups (broad SMARTS) is 1. The second kappa shape index (κ2) is 4.69. The average molecular weight is 287 g/mol. The number of carbonyl (C=O) groups is 1. The number of fused-ring (bicyclic) bond motifs is 1. The number of rotatable bonds is 3. The molecule has 3 rings (SSSR count). The van der Waals surface area contributed by atoms with Crippen LogP contribution in [0, 0.1) is 0 Å². The van der Waals surface area contributed by atoms with E-state index in [2.05, 4.69) is 5.10 Å². The molecule has 1 atom stereocenters. The van der Waals surface area contributed by atoms with Crippen LogP contribution in [0.25, 0.3) is 0 Å². The number of halogens is 2. The molecule has 2 aliphatic heterocycles. The molecule has 0 spiro atoms. The van der Waals surface area contributed by atoms with E-state index >= 15 is 0 Å². The van der Waals surface area contributed by atoms with Crippen molar-refractivity contribution in [3.63, 3.8) is 0 Å². The summed E-state index contributed by atoms with van der Waals surface area (Å²) in [6.07, 6.45) is 0.325. The summed E-state index contributed by atoms with van der Waals surface area (Å²) >= 11 is 0. The predicted molar refractivity (Wildman–Crippen MR) is 64.2 cm³/mol. The average Bonchev–Trinajstić information content (AvgIpc) is 2.92. The van der Waals surface area contributed by atoms with E-state index in [0.717, 1.165) is 0 Å². The second-order valence-corrected chi connectivity index (χ2v) is 5.27. The van der Waals surface area contributed by atoms with Crippen LogP contribution in [-0.2, 0) is 6.54 Å². The normalized spacial score (nSPS) is 25.2. The molecule has 0 amide bonds. The number of hydrogen-bond donors (Lipinski definition) is 1. The highest BCUT2D eigenvalue weighted by atomic mass is 19.3. The van der Waals surface area contributed by atoms with Gasteiger partial charge in [0, 0.05) is 38.5 Å². The van der Waals surface area contributed by atoms with Crippen molar-refractivity contribution in [2.75, 3.05) is 19.6 Å². The second-order valence-electron chi connectivity index (χ2n) is 5.27. The largest absolute Gasteiger partial charge is 0.476 e. The van der Waals surface area contributed by atoms with Crippen molar-refractivity contribution in [1.82, 2.24) is 14.7 Å². The molecule has 110 valence electrons. The van der Waals surface area contributed by atoms with Gasteiger partial charge in [0.15, 0.2) is 5.69 Å². The minimum absolute atomic E-state index is 0.0617. The number of likely N-dealkylation sites (tertiary alicyclic amines) is 1. The fourth-order valence-electron chi connectivity index (χ4n) is 2.63. The molecule has 0 saturated carbocycles. The van der Waals surface area contributed by atoms with Crippen molar-refractivity contribution in [2.24, 2.45) is 0 Å². The minimum Gasteiger partial charge on any atom is -0.476 e. The van der Waals surface area contributed by atoms with E-state index in [9.17, 15) is 13.6 Å². The molecule has 2 aliphatic rings. The Morgan fingerprint density at radius 3 is 3.00 bits per heavy atom. The Bertz CT molecular complexity index is 532. The van der Waals surface area contributed by atoms with E-state index in [1.807, 2.05) is 0 Å². The zero-order valence-corrected chi connectivity index (χ0v) is 10.8. The van der Waals surface area contributed by atoms with Crippen LogP contribution in [0.2, 0.25) is 0 Å². The van der Waals surface area contributed by atoms with Gasteiger partial charge in [-0.25, -0.2) is 18.3 Å². The van der Waals surface area contributed by atoms with E-state index in [-0.39, 0.29) is 24.8 Å². The summed E-state index contributed by atoms with van der Waals surface area (Å²) in [5.74, 6) is -3.32. The number of aromatic nitrogens is 2. The van der Waals surface area contributed by atoms with Gasteiger partial charge in [-0.05, 0) is 0 Å². The summed E-state index contributed by atoms with van der Waals surface area (Å²) in [7, 11) is 0.